The number of Topliss-reactive ketones (excluding diaryl/α,β-unsaturated/α-hetero) is 1. The van der Waals surface area contributed by atoms with Crippen LogP contribution in [-0.4, -0.2) is 18.2 Å². The van der Waals surface area contributed by atoms with Crippen molar-refractivity contribution in [1.82, 2.24) is 5.32 Å². The Labute approximate surface area is 87.3 Å². The van der Waals surface area contributed by atoms with Crippen LogP contribution in [0.5, 0.6) is 0 Å². The van der Waals surface area contributed by atoms with E-state index >= 15 is 0 Å². The van der Waals surface area contributed by atoms with Gasteiger partial charge in [0.1, 0.15) is 5.78 Å². The molecule has 3 nitrogen and oxygen atoms in total. The zero-order chi connectivity index (χ0) is 11.4. The van der Waals surface area contributed by atoms with E-state index in [-0.39, 0.29) is 11.7 Å². The number of carbonyl (C=O) groups excluding carboxylic acids is 2. The second kappa shape index (κ2) is 12.1. The first kappa shape index (κ1) is 15.6. The average molecular weight is 201 g/mol. The van der Waals surface area contributed by atoms with E-state index in [2.05, 4.69) is 5.32 Å². The summed E-state index contributed by atoms with van der Waals surface area (Å²) in [5.41, 5.74) is 0. The second-order valence-corrected chi connectivity index (χ2v) is 2.91. The van der Waals surface area contributed by atoms with Gasteiger partial charge in [0.25, 0.3) is 0 Å². The Morgan fingerprint density at radius 3 is 2.07 bits per heavy atom. The minimum atomic E-state index is 0.204. The quantitative estimate of drug-likeness (QED) is 0.745. The van der Waals surface area contributed by atoms with E-state index in [1.165, 1.54) is 0 Å². The maximum atomic E-state index is 10.1. The molecule has 1 saturated heterocycles. The summed E-state index contributed by atoms with van der Waals surface area (Å²) in [5.74, 6) is 0.493. The Kier molecular flexibility index (Phi) is 13.5. The van der Waals surface area contributed by atoms with Gasteiger partial charge in [0.05, 0.1) is 0 Å². The van der Waals surface area contributed by atoms with Crippen LogP contribution in [0.15, 0.2) is 0 Å². The highest BCUT2D eigenvalue weighted by Crippen LogP contribution is 1.93. The number of amides is 1. The van der Waals surface area contributed by atoms with Crippen molar-refractivity contribution >= 4 is 11.7 Å². The molecule has 0 aliphatic carbocycles. The number of hydrogen-bond donors (Lipinski definition) is 1. The molecule has 14 heavy (non-hydrogen) atoms. The molecule has 0 bridgehead atoms. The lowest BCUT2D eigenvalue weighted by Crippen LogP contribution is -2.12. The third kappa shape index (κ3) is 13.7. The van der Waals surface area contributed by atoms with Crippen molar-refractivity contribution in [3.63, 3.8) is 0 Å². The van der Waals surface area contributed by atoms with Crippen LogP contribution in [-0.2, 0) is 9.59 Å². The summed E-state index contributed by atoms with van der Waals surface area (Å²) in [6.45, 7) is 8.50. The minimum absolute atomic E-state index is 0.204. The monoisotopic (exact) mass is 201 g/mol. The van der Waals surface area contributed by atoms with Gasteiger partial charge in [0, 0.05) is 19.4 Å². The fraction of sp³-hybridized carbons (Fsp3) is 0.818. The standard InChI is InChI=1S/C5H10O.C4H7NO.C2H6/c1-3-4-5(2)6;6-4-2-1-3-5-4;1-2/h3-4H2,1-2H3;1-3H2,(H,5,6);1-2H3. The highest BCUT2D eigenvalue weighted by molar-refractivity contribution is 5.77. The number of rotatable bonds is 2. The Bertz CT molecular complexity index is 147. The molecular formula is C11H23NO2. The van der Waals surface area contributed by atoms with Crippen LogP contribution < -0.4 is 5.32 Å². The number of ketones is 1. The zero-order valence-electron chi connectivity index (χ0n) is 9.85. The molecule has 1 N–H and O–H groups in total. The van der Waals surface area contributed by atoms with Gasteiger partial charge in [-0.3, -0.25) is 4.79 Å². The molecular weight excluding hydrogens is 178 g/mol. The maximum absolute atomic E-state index is 10.1. The lowest BCUT2D eigenvalue weighted by molar-refractivity contribution is -0.119. The number of carbonyl (C=O) groups is 2. The van der Waals surface area contributed by atoms with E-state index < -0.39 is 0 Å². The van der Waals surface area contributed by atoms with Gasteiger partial charge in [-0.15, -0.1) is 0 Å². The lowest BCUT2D eigenvalue weighted by atomic mass is 10.3. The molecule has 0 atom stereocenters. The molecule has 0 aromatic carbocycles. The Morgan fingerprint density at radius 2 is 2.00 bits per heavy atom. The molecule has 1 rings (SSSR count). The topological polar surface area (TPSA) is 46.2 Å². The zero-order valence-corrected chi connectivity index (χ0v) is 9.85. The SMILES string of the molecule is CC.CCCC(C)=O.O=C1CCCN1. The molecule has 3 heteroatoms. The number of nitrogens with one attached hydrogen (secondary N) is 1. The fourth-order valence-electron chi connectivity index (χ4n) is 0.917. The molecule has 0 aromatic heterocycles. The van der Waals surface area contributed by atoms with Gasteiger partial charge in [0.15, 0.2) is 0 Å². The first-order chi connectivity index (χ1) is 6.66. The predicted molar refractivity (Wildman–Crippen MR) is 59.2 cm³/mol. The highest BCUT2D eigenvalue weighted by Gasteiger charge is 2.05. The molecule has 0 saturated carbocycles. The van der Waals surface area contributed by atoms with Gasteiger partial charge in [-0.1, -0.05) is 20.8 Å². The van der Waals surface area contributed by atoms with Crippen molar-refractivity contribution < 1.29 is 9.59 Å². The number of hydrogen-bond acceptors (Lipinski definition) is 2. The molecule has 1 amide bonds. The van der Waals surface area contributed by atoms with Gasteiger partial charge in [0.2, 0.25) is 5.91 Å². The lowest BCUT2D eigenvalue weighted by Gasteiger charge is -1.80. The maximum Gasteiger partial charge on any atom is 0.220 e. The van der Waals surface area contributed by atoms with Crippen molar-refractivity contribution in [2.75, 3.05) is 6.54 Å². The van der Waals surface area contributed by atoms with Crippen LogP contribution >= 0.6 is 0 Å². The predicted octanol–water partition coefficient (Wildman–Crippen LogP) is 2.30. The van der Waals surface area contributed by atoms with Gasteiger partial charge >= 0.3 is 0 Å². The molecule has 84 valence electrons. The Balaban J connectivity index is 0. The average Bonchev–Trinajstić information content (AvgIpc) is 2.60. The molecule has 1 heterocycles. The molecule has 0 radical (unpaired) electrons. The van der Waals surface area contributed by atoms with E-state index in [4.69, 9.17) is 0 Å². The Hall–Kier alpha value is -0.860. The molecule has 0 unspecified atom stereocenters. The second-order valence-electron chi connectivity index (χ2n) is 2.91. The molecule has 0 aromatic rings. The summed E-state index contributed by atoms with van der Waals surface area (Å²) in [5, 5.41) is 2.68. The van der Waals surface area contributed by atoms with Crippen LogP contribution in [0, 0.1) is 0 Å². The molecule has 1 aliphatic rings. The van der Waals surface area contributed by atoms with Crippen molar-refractivity contribution in [2.45, 2.75) is 53.4 Å². The van der Waals surface area contributed by atoms with Crippen molar-refractivity contribution in [2.24, 2.45) is 0 Å². The molecule has 0 spiro atoms. The summed E-state index contributed by atoms with van der Waals surface area (Å²) in [4.78, 5) is 20.2. The summed E-state index contributed by atoms with van der Waals surface area (Å²) in [7, 11) is 0. The summed E-state index contributed by atoms with van der Waals surface area (Å²) >= 11 is 0. The van der Waals surface area contributed by atoms with Gasteiger partial charge in [-0.25, -0.2) is 0 Å². The Morgan fingerprint density at radius 1 is 1.43 bits per heavy atom. The van der Waals surface area contributed by atoms with Crippen LogP contribution in [0.1, 0.15) is 53.4 Å². The largest absolute Gasteiger partial charge is 0.356 e. The minimum Gasteiger partial charge on any atom is -0.356 e. The van der Waals surface area contributed by atoms with E-state index in [9.17, 15) is 9.59 Å². The van der Waals surface area contributed by atoms with Crippen molar-refractivity contribution in [3.8, 4) is 0 Å². The van der Waals surface area contributed by atoms with Crippen molar-refractivity contribution in [1.29, 1.82) is 0 Å². The van der Waals surface area contributed by atoms with E-state index in [0.29, 0.717) is 0 Å². The molecule has 1 fully saturated rings. The summed E-state index contributed by atoms with van der Waals surface area (Å²) in [6.07, 6.45) is 3.48. The van der Waals surface area contributed by atoms with Crippen LogP contribution in [0.2, 0.25) is 0 Å². The van der Waals surface area contributed by atoms with Gasteiger partial charge in [-0.05, 0) is 19.8 Å². The van der Waals surface area contributed by atoms with Crippen LogP contribution in [0.3, 0.4) is 0 Å². The smallest absolute Gasteiger partial charge is 0.220 e. The van der Waals surface area contributed by atoms with Gasteiger partial charge in [-0.2, -0.15) is 0 Å². The fourth-order valence-corrected chi connectivity index (χ4v) is 0.917. The van der Waals surface area contributed by atoms with E-state index in [1.54, 1.807) is 6.92 Å². The third-order valence-electron chi connectivity index (χ3n) is 1.50. The van der Waals surface area contributed by atoms with E-state index in [1.807, 2.05) is 20.8 Å². The normalized spacial score (nSPS) is 13.0. The van der Waals surface area contributed by atoms with Crippen molar-refractivity contribution in [3.05, 3.63) is 0 Å². The third-order valence-corrected chi connectivity index (χ3v) is 1.50. The van der Waals surface area contributed by atoms with Crippen LogP contribution in [0.25, 0.3) is 0 Å². The summed E-state index contributed by atoms with van der Waals surface area (Å²) < 4.78 is 0. The van der Waals surface area contributed by atoms with E-state index in [0.717, 1.165) is 32.2 Å². The molecule has 1 aliphatic heterocycles. The highest BCUT2D eigenvalue weighted by atomic mass is 16.1. The first-order valence-electron chi connectivity index (χ1n) is 5.43. The van der Waals surface area contributed by atoms with Gasteiger partial charge < -0.3 is 10.1 Å². The first-order valence-corrected chi connectivity index (χ1v) is 5.43. The summed E-state index contributed by atoms with van der Waals surface area (Å²) in [6, 6.07) is 0. The van der Waals surface area contributed by atoms with Crippen LogP contribution in [0.4, 0.5) is 0 Å².